The van der Waals surface area contributed by atoms with E-state index in [9.17, 15) is 8.78 Å². The van der Waals surface area contributed by atoms with Crippen molar-refractivity contribution in [2.75, 3.05) is 5.73 Å². The van der Waals surface area contributed by atoms with Crippen molar-refractivity contribution in [3.63, 3.8) is 0 Å². The maximum atomic E-state index is 12.3. The first-order valence-corrected chi connectivity index (χ1v) is 3.62. The summed E-state index contributed by atoms with van der Waals surface area (Å²) >= 11 is 0. The molecule has 0 saturated carbocycles. The second kappa shape index (κ2) is 2.69. The first-order valence-electron chi connectivity index (χ1n) is 3.62. The number of hydrogen-bond donors (Lipinski definition) is 1. The molecule has 3 nitrogen and oxygen atoms in total. The summed E-state index contributed by atoms with van der Waals surface area (Å²) in [5.74, 6) is 0. The SMILES string of the molecule is Nc1cccc2onc(C(F)F)c12. The van der Waals surface area contributed by atoms with E-state index in [0.717, 1.165) is 0 Å². The summed E-state index contributed by atoms with van der Waals surface area (Å²) in [5.41, 5.74) is 5.66. The van der Waals surface area contributed by atoms with Crippen LogP contribution < -0.4 is 5.73 Å². The molecule has 0 radical (unpaired) electrons. The largest absolute Gasteiger partial charge is 0.398 e. The molecule has 5 heteroatoms. The van der Waals surface area contributed by atoms with Gasteiger partial charge < -0.3 is 10.3 Å². The van der Waals surface area contributed by atoms with Gasteiger partial charge in [0, 0.05) is 5.69 Å². The highest BCUT2D eigenvalue weighted by atomic mass is 19.3. The Labute approximate surface area is 72.1 Å². The van der Waals surface area contributed by atoms with Crippen molar-refractivity contribution in [1.29, 1.82) is 0 Å². The van der Waals surface area contributed by atoms with Crippen LogP contribution in [-0.2, 0) is 0 Å². The lowest BCUT2D eigenvalue weighted by molar-refractivity contribution is 0.142. The van der Waals surface area contributed by atoms with E-state index in [1.165, 1.54) is 6.07 Å². The average molecular weight is 184 g/mol. The fourth-order valence-corrected chi connectivity index (χ4v) is 1.19. The lowest BCUT2D eigenvalue weighted by Gasteiger charge is -1.95. The van der Waals surface area contributed by atoms with E-state index < -0.39 is 12.1 Å². The molecule has 1 aromatic carbocycles. The summed E-state index contributed by atoms with van der Waals surface area (Å²) in [5, 5.41) is 3.46. The van der Waals surface area contributed by atoms with Crippen LogP contribution in [0.25, 0.3) is 11.0 Å². The van der Waals surface area contributed by atoms with E-state index in [-0.39, 0.29) is 16.7 Å². The molecule has 2 aromatic rings. The van der Waals surface area contributed by atoms with Gasteiger partial charge in [-0.05, 0) is 12.1 Å². The van der Waals surface area contributed by atoms with Gasteiger partial charge in [-0.1, -0.05) is 11.2 Å². The Hall–Kier alpha value is -1.65. The van der Waals surface area contributed by atoms with Crippen LogP contribution in [0.1, 0.15) is 12.1 Å². The zero-order valence-corrected chi connectivity index (χ0v) is 6.50. The topological polar surface area (TPSA) is 52.0 Å². The molecule has 0 atom stereocenters. The molecule has 0 aliphatic rings. The zero-order valence-electron chi connectivity index (χ0n) is 6.50. The molecule has 0 aliphatic carbocycles. The number of anilines is 1. The zero-order chi connectivity index (χ0) is 9.42. The molecular formula is C8H6F2N2O. The van der Waals surface area contributed by atoms with Gasteiger partial charge in [0.2, 0.25) is 0 Å². The summed E-state index contributed by atoms with van der Waals surface area (Å²) in [6.07, 6.45) is -2.66. The van der Waals surface area contributed by atoms with Gasteiger partial charge in [-0.3, -0.25) is 0 Å². The quantitative estimate of drug-likeness (QED) is 0.692. The third-order valence-corrected chi connectivity index (χ3v) is 1.76. The van der Waals surface area contributed by atoms with Crippen molar-refractivity contribution in [3.05, 3.63) is 23.9 Å². The summed E-state index contributed by atoms with van der Waals surface area (Å²) in [6, 6.07) is 4.70. The van der Waals surface area contributed by atoms with E-state index in [1.54, 1.807) is 12.1 Å². The van der Waals surface area contributed by atoms with E-state index in [0.29, 0.717) is 0 Å². The van der Waals surface area contributed by atoms with Crippen LogP contribution in [0.15, 0.2) is 22.7 Å². The van der Waals surface area contributed by atoms with Crippen molar-refractivity contribution in [2.45, 2.75) is 6.43 Å². The van der Waals surface area contributed by atoms with Crippen LogP contribution in [0.2, 0.25) is 0 Å². The van der Waals surface area contributed by atoms with Gasteiger partial charge in [-0.2, -0.15) is 0 Å². The number of fused-ring (bicyclic) bond motifs is 1. The number of hydrogen-bond acceptors (Lipinski definition) is 3. The van der Waals surface area contributed by atoms with E-state index in [1.807, 2.05) is 0 Å². The van der Waals surface area contributed by atoms with Crippen molar-refractivity contribution in [2.24, 2.45) is 0 Å². The minimum atomic E-state index is -2.66. The van der Waals surface area contributed by atoms with Crippen LogP contribution in [-0.4, -0.2) is 5.16 Å². The molecule has 68 valence electrons. The second-order valence-corrected chi connectivity index (χ2v) is 2.59. The van der Waals surface area contributed by atoms with Crippen molar-refractivity contribution in [1.82, 2.24) is 5.16 Å². The summed E-state index contributed by atoms with van der Waals surface area (Å²) in [6.45, 7) is 0. The molecule has 2 N–H and O–H groups in total. The molecule has 0 amide bonds. The molecular weight excluding hydrogens is 178 g/mol. The predicted octanol–water partition coefficient (Wildman–Crippen LogP) is 2.35. The number of nitrogens with two attached hydrogens (primary N) is 1. The number of rotatable bonds is 1. The third-order valence-electron chi connectivity index (χ3n) is 1.76. The van der Waals surface area contributed by atoms with Crippen molar-refractivity contribution in [3.8, 4) is 0 Å². The standard InChI is InChI=1S/C8H6F2N2O/c9-8(10)7-6-4(11)2-1-3-5(6)13-12-7/h1-3,8H,11H2. The molecule has 0 saturated heterocycles. The molecule has 0 spiro atoms. The molecule has 13 heavy (non-hydrogen) atoms. The molecule has 1 heterocycles. The Balaban J connectivity index is 2.79. The lowest BCUT2D eigenvalue weighted by Crippen LogP contribution is -1.89. The molecule has 2 rings (SSSR count). The first kappa shape index (κ1) is 7.97. The molecule has 1 aromatic heterocycles. The minimum absolute atomic E-state index is 0.206. The van der Waals surface area contributed by atoms with E-state index >= 15 is 0 Å². The van der Waals surface area contributed by atoms with E-state index in [4.69, 9.17) is 5.73 Å². The third kappa shape index (κ3) is 1.12. The molecule has 0 bridgehead atoms. The number of alkyl halides is 2. The van der Waals surface area contributed by atoms with Crippen molar-refractivity contribution >= 4 is 16.7 Å². The highest BCUT2D eigenvalue weighted by molar-refractivity contribution is 5.91. The Morgan fingerprint density at radius 2 is 2.15 bits per heavy atom. The van der Waals surface area contributed by atoms with Crippen molar-refractivity contribution < 1.29 is 13.3 Å². The van der Waals surface area contributed by atoms with Crippen LogP contribution in [0, 0.1) is 0 Å². The van der Waals surface area contributed by atoms with Gasteiger partial charge in [-0.25, -0.2) is 8.78 Å². The number of nitrogen functional groups attached to an aromatic ring is 1. The van der Waals surface area contributed by atoms with E-state index in [2.05, 4.69) is 9.68 Å². The Bertz CT molecular complexity index is 439. The number of aromatic nitrogens is 1. The van der Waals surface area contributed by atoms with Gasteiger partial charge in [0.15, 0.2) is 11.3 Å². The fraction of sp³-hybridized carbons (Fsp3) is 0.125. The number of benzene rings is 1. The Kier molecular flexibility index (Phi) is 1.65. The van der Waals surface area contributed by atoms with Gasteiger partial charge >= 0.3 is 0 Å². The average Bonchev–Trinajstić information content (AvgIpc) is 2.49. The minimum Gasteiger partial charge on any atom is -0.398 e. The van der Waals surface area contributed by atoms with Gasteiger partial charge in [0.05, 0.1) is 5.39 Å². The summed E-state index contributed by atoms with van der Waals surface area (Å²) < 4.78 is 29.3. The molecule has 0 unspecified atom stereocenters. The first-order chi connectivity index (χ1) is 6.20. The normalized spacial score (nSPS) is 11.3. The lowest BCUT2D eigenvalue weighted by atomic mass is 10.2. The van der Waals surface area contributed by atoms with Gasteiger partial charge in [0.25, 0.3) is 6.43 Å². The molecule has 0 fully saturated rings. The predicted molar refractivity (Wildman–Crippen MR) is 43.4 cm³/mol. The second-order valence-electron chi connectivity index (χ2n) is 2.59. The maximum absolute atomic E-state index is 12.3. The number of halogens is 2. The fourth-order valence-electron chi connectivity index (χ4n) is 1.19. The highest BCUT2D eigenvalue weighted by Crippen LogP contribution is 2.30. The van der Waals surface area contributed by atoms with Gasteiger partial charge in [-0.15, -0.1) is 0 Å². The Morgan fingerprint density at radius 1 is 1.38 bits per heavy atom. The number of nitrogens with zero attached hydrogens (tertiary/aromatic N) is 1. The highest BCUT2D eigenvalue weighted by Gasteiger charge is 2.18. The monoisotopic (exact) mass is 184 g/mol. The Morgan fingerprint density at radius 3 is 2.85 bits per heavy atom. The summed E-state index contributed by atoms with van der Waals surface area (Å²) in [4.78, 5) is 0. The van der Waals surface area contributed by atoms with Gasteiger partial charge in [0.1, 0.15) is 0 Å². The smallest absolute Gasteiger partial charge is 0.284 e. The van der Waals surface area contributed by atoms with Crippen LogP contribution in [0.4, 0.5) is 14.5 Å². The van der Waals surface area contributed by atoms with Crippen LogP contribution in [0.5, 0.6) is 0 Å². The van der Waals surface area contributed by atoms with Crippen LogP contribution in [0.3, 0.4) is 0 Å². The molecule has 0 aliphatic heterocycles. The van der Waals surface area contributed by atoms with Crippen LogP contribution >= 0.6 is 0 Å². The maximum Gasteiger partial charge on any atom is 0.284 e. The summed E-state index contributed by atoms with van der Waals surface area (Å²) in [7, 11) is 0.